The molecule has 0 N–H and O–H groups in total. The Morgan fingerprint density at radius 2 is 1.81 bits per heavy atom. The summed E-state index contributed by atoms with van der Waals surface area (Å²) in [5.74, 6) is -0.159. The highest BCUT2D eigenvalue weighted by Crippen LogP contribution is 2.28. The Labute approximate surface area is 180 Å². The van der Waals surface area contributed by atoms with Crippen LogP contribution in [0.25, 0.3) is 6.08 Å². The summed E-state index contributed by atoms with van der Waals surface area (Å²) >= 11 is 0. The first-order valence-corrected chi connectivity index (χ1v) is 9.70. The van der Waals surface area contributed by atoms with Gasteiger partial charge < -0.3 is 28.7 Å². The van der Waals surface area contributed by atoms with E-state index in [1.54, 1.807) is 25.1 Å². The van der Waals surface area contributed by atoms with E-state index >= 15 is 0 Å². The highest BCUT2D eigenvalue weighted by Gasteiger charge is 2.25. The van der Waals surface area contributed by atoms with E-state index < -0.39 is 12.1 Å². The molecule has 0 aromatic heterocycles. The summed E-state index contributed by atoms with van der Waals surface area (Å²) < 4.78 is 20.4. The number of nitrogens with zero attached hydrogens (tertiary/aromatic N) is 3. The quantitative estimate of drug-likeness (QED) is 0.448. The van der Waals surface area contributed by atoms with Crippen molar-refractivity contribution < 1.29 is 33.3 Å². The highest BCUT2D eigenvalue weighted by atomic mass is 16.6. The minimum Gasteiger partial charge on any atom is -0.493 e. The Morgan fingerprint density at radius 3 is 2.45 bits per heavy atom. The van der Waals surface area contributed by atoms with Gasteiger partial charge in [0.05, 0.1) is 13.7 Å². The molecule has 166 valence electrons. The lowest BCUT2D eigenvalue weighted by Crippen LogP contribution is -2.51. The zero-order valence-corrected chi connectivity index (χ0v) is 17.5. The fraction of sp³-hybridized carbons (Fsp3) is 0.429. The van der Waals surface area contributed by atoms with Crippen molar-refractivity contribution in [2.45, 2.75) is 6.92 Å². The van der Waals surface area contributed by atoms with E-state index in [0.717, 1.165) is 0 Å². The molecule has 10 nitrogen and oxygen atoms in total. The summed E-state index contributed by atoms with van der Waals surface area (Å²) in [4.78, 5) is 38.9. The standard InChI is InChI=1S/C21H25N3O7/c1-3-29-21(27)24-11-9-23(10-12-24)19(25)15-31-20(26)7-5-16-4-6-17(30-13-8-22)18(14-16)28-2/h4-7,14H,3,9-13,15H2,1-2H3. The maximum atomic E-state index is 12.2. The van der Waals surface area contributed by atoms with Crippen LogP contribution in [0.2, 0.25) is 0 Å². The van der Waals surface area contributed by atoms with Crippen molar-refractivity contribution in [1.29, 1.82) is 5.26 Å². The van der Waals surface area contributed by atoms with Gasteiger partial charge in [0.25, 0.3) is 5.91 Å². The summed E-state index contributed by atoms with van der Waals surface area (Å²) in [6, 6.07) is 6.83. The molecule has 31 heavy (non-hydrogen) atoms. The number of amides is 2. The lowest BCUT2D eigenvalue weighted by Gasteiger charge is -2.33. The van der Waals surface area contributed by atoms with Crippen LogP contribution in [0.4, 0.5) is 4.79 Å². The smallest absolute Gasteiger partial charge is 0.409 e. The first kappa shape index (κ1) is 23.5. The molecular formula is C21H25N3O7. The molecule has 10 heteroatoms. The first-order valence-electron chi connectivity index (χ1n) is 9.70. The average molecular weight is 431 g/mol. The van der Waals surface area contributed by atoms with E-state index in [-0.39, 0.29) is 19.1 Å². The van der Waals surface area contributed by atoms with Crippen molar-refractivity contribution in [2.75, 3.05) is 53.1 Å². The number of methoxy groups -OCH3 is 1. The van der Waals surface area contributed by atoms with Gasteiger partial charge in [-0.25, -0.2) is 9.59 Å². The number of carbonyl (C=O) groups is 3. The number of nitriles is 1. The van der Waals surface area contributed by atoms with Crippen LogP contribution in [0, 0.1) is 11.3 Å². The molecule has 1 aromatic rings. The second-order valence-electron chi connectivity index (χ2n) is 6.36. The fourth-order valence-electron chi connectivity index (χ4n) is 2.81. The summed E-state index contributed by atoms with van der Waals surface area (Å²) in [6.45, 7) is 2.99. The molecule has 0 bridgehead atoms. The van der Waals surface area contributed by atoms with E-state index in [4.69, 9.17) is 24.2 Å². The van der Waals surface area contributed by atoms with Crippen molar-refractivity contribution in [3.05, 3.63) is 29.8 Å². The summed E-state index contributed by atoms with van der Waals surface area (Å²) in [7, 11) is 1.47. The van der Waals surface area contributed by atoms with Crippen molar-refractivity contribution in [2.24, 2.45) is 0 Å². The van der Waals surface area contributed by atoms with E-state index in [1.165, 1.54) is 29.1 Å². The number of hydrogen-bond acceptors (Lipinski definition) is 8. The van der Waals surface area contributed by atoms with E-state index in [1.807, 2.05) is 6.07 Å². The minimum absolute atomic E-state index is 0.107. The molecule has 2 rings (SSSR count). The van der Waals surface area contributed by atoms with E-state index in [0.29, 0.717) is 49.8 Å². The Bertz CT molecular complexity index is 855. The van der Waals surface area contributed by atoms with Crippen LogP contribution in [0.5, 0.6) is 11.5 Å². The van der Waals surface area contributed by atoms with Crippen LogP contribution in [-0.4, -0.2) is 80.9 Å². The molecule has 1 fully saturated rings. The van der Waals surface area contributed by atoms with Crippen molar-refractivity contribution in [3.8, 4) is 17.6 Å². The molecule has 0 aliphatic carbocycles. The van der Waals surface area contributed by atoms with Gasteiger partial charge in [0.1, 0.15) is 6.07 Å². The maximum absolute atomic E-state index is 12.2. The summed E-state index contributed by atoms with van der Waals surface area (Å²) in [6.07, 6.45) is 2.32. The topological polar surface area (TPSA) is 118 Å². The number of ether oxygens (including phenoxy) is 4. The Morgan fingerprint density at radius 1 is 1.10 bits per heavy atom. The maximum Gasteiger partial charge on any atom is 0.409 e. The first-order chi connectivity index (χ1) is 15.0. The Hall–Kier alpha value is -3.74. The van der Waals surface area contributed by atoms with E-state index in [2.05, 4.69) is 0 Å². The van der Waals surface area contributed by atoms with Gasteiger partial charge >= 0.3 is 12.1 Å². The zero-order chi connectivity index (χ0) is 22.6. The van der Waals surface area contributed by atoms with Gasteiger partial charge in [-0.3, -0.25) is 4.79 Å². The van der Waals surface area contributed by atoms with Gasteiger partial charge in [0.2, 0.25) is 0 Å². The van der Waals surface area contributed by atoms with Crippen molar-refractivity contribution >= 4 is 24.0 Å². The molecule has 1 aromatic carbocycles. The molecule has 0 radical (unpaired) electrons. The fourth-order valence-corrected chi connectivity index (χ4v) is 2.81. The number of hydrogen-bond donors (Lipinski definition) is 0. The molecule has 0 atom stereocenters. The van der Waals surface area contributed by atoms with Gasteiger partial charge in [0, 0.05) is 32.3 Å². The largest absolute Gasteiger partial charge is 0.493 e. The lowest BCUT2D eigenvalue weighted by atomic mass is 10.2. The Balaban J connectivity index is 1.80. The van der Waals surface area contributed by atoms with Gasteiger partial charge in [-0.2, -0.15) is 5.26 Å². The molecule has 0 spiro atoms. The monoisotopic (exact) mass is 431 g/mol. The third kappa shape index (κ3) is 7.22. The predicted molar refractivity (Wildman–Crippen MR) is 109 cm³/mol. The van der Waals surface area contributed by atoms with Crippen LogP contribution >= 0.6 is 0 Å². The van der Waals surface area contributed by atoms with Crippen LogP contribution in [0.3, 0.4) is 0 Å². The molecular weight excluding hydrogens is 406 g/mol. The number of rotatable bonds is 8. The third-order valence-corrected chi connectivity index (χ3v) is 4.39. The Kier molecular flexibility index (Phi) is 9.16. The minimum atomic E-state index is -0.665. The van der Waals surface area contributed by atoms with Gasteiger partial charge in [-0.15, -0.1) is 0 Å². The molecule has 0 unspecified atom stereocenters. The van der Waals surface area contributed by atoms with E-state index in [9.17, 15) is 14.4 Å². The second-order valence-corrected chi connectivity index (χ2v) is 6.36. The molecule has 1 heterocycles. The molecule has 1 saturated heterocycles. The van der Waals surface area contributed by atoms with Crippen LogP contribution < -0.4 is 9.47 Å². The number of piperazine rings is 1. The third-order valence-electron chi connectivity index (χ3n) is 4.39. The zero-order valence-electron chi connectivity index (χ0n) is 17.5. The summed E-state index contributed by atoms with van der Waals surface area (Å²) in [5, 5.41) is 8.59. The average Bonchev–Trinajstić information content (AvgIpc) is 2.80. The highest BCUT2D eigenvalue weighted by molar-refractivity contribution is 5.89. The number of esters is 1. The number of carbonyl (C=O) groups excluding carboxylic acids is 3. The molecule has 2 amide bonds. The van der Waals surface area contributed by atoms with Gasteiger partial charge in [0.15, 0.2) is 24.7 Å². The van der Waals surface area contributed by atoms with Gasteiger partial charge in [-0.05, 0) is 30.7 Å². The molecule has 0 saturated carbocycles. The number of benzene rings is 1. The molecule has 1 aliphatic rings. The van der Waals surface area contributed by atoms with Crippen LogP contribution in [-0.2, 0) is 19.1 Å². The van der Waals surface area contributed by atoms with Crippen molar-refractivity contribution in [3.63, 3.8) is 0 Å². The van der Waals surface area contributed by atoms with Crippen LogP contribution in [0.1, 0.15) is 12.5 Å². The summed E-state index contributed by atoms with van der Waals surface area (Å²) in [5.41, 5.74) is 0.652. The SMILES string of the molecule is CCOC(=O)N1CCN(C(=O)COC(=O)C=Cc2ccc(OCC#N)c(OC)c2)CC1. The predicted octanol–water partition coefficient (Wildman–Crippen LogP) is 1.45. The second kappa shape index (κ2) is 12.1. The molecule has 1 aliphatic heterocycles. The van der Waals surface area contributed by atoms with Gasteiger partial charge in [-0.1, -0.05) is 6.07 Å². The lowest BCUT2D eigenvalue weighted by molar-refractivity contribution is -0.148. The van der Waals surface area contributed by atoms with Crippen LogP contribution in [0.15, 0.2) is 24.3 Å². The normalized spacial score (nSPS) is 13.5. The van der Waals surface area contributed by atoms with Crippen molar-refractivity contribution in [1.82, 2.24) is 9.80 Å².